The van der Waals surface area contributed by atoms with Crippen LogP contribution in [-0.4, -0.2) is 0 Å². The highest BCUT2D eigenvalue weighted by Gasteiger charge is 2.10. The van der Waals surface area contributed by atoms with Crippen molar-refractivity contribution < 1.29 is 0 Å². The molecule has 0 aliphatic rings. The van der Waals surface area contributed by atoms with Gasteiger partial charge in [0.2, 0.25) is 0 Å². The topological polar surface area (TPSA) is 26.0 Å². The van der Waals surface area contributed by atoms with E-state index in [9.17, 15) is 0 Å². The van der Waals surface area contributed by atoms with E-state index in [0.717, 1.165) is 19.3 Å². The second kappa shape index (κ2) is 6.28. The zero-order chi connectivity index (χ0) is 11.3. The van der Waals surface area contributed by atoms with Gasteiger partial charge in [-0.2, -0.15) is 0 Å². The Morgan fingerprint density at radius 3 is 2.93 bits per heavy atom. The van der Waals surface area contributed by atoms with Crippen LogP contribution in [0.5, 0.6) is 0 Å². The number of halogens is 1. The Labute approximate surface area is 106 Å². The van der Waals surface area contributed by atoms with Crippen LogP contribution >= 0.6 is 22.6 Å². The van der Waals surface area contributed by atoms with Crippen LogP contribution in [0.15, 0.2) is 30.9 Å². The Morgan fingerprint density at radius 1 is 1.53 bits per heavy atom. The monoisotopic (exact) mass is 315 g/mol. The van der Waals surface area contributed by atoms with Gasteiger partial charge in [-0.1, -0.05) is 24.3 Å². The van der Waals surface area contributed by atoms with E-state index in [4.69, 9.17) is 5.73 Å². The van der Waals surface area contributed by atoms with Gasteiger partial charge in [-0.25, -0.2) is 0 Å². The van der Waals surface area contributed by atoms with Crippen LogP contribution in [-0.2, 0) is 0 Å². The fourth-order valence-electron chi connectivity index (χ4n) is 1.59. The smallest absolute Gasteiger partial charge is 0.0305 e. The summed E-state index contributed by atoms with van der Waals surface area (Å²) in [5.74, 6) is 0. The molecule has 0 aromatic heterocycles. The van der Waals surface area contributed by atoms with E-state index < -0.39 is 0 Å². The average molecular weight is 315 g/mol. The molecule has 1 nitrogen and oxygen atoms in total. The van der Waals surface area contributed by atoms with Gasteiger partial charge in [0, 0.05) is 9.61 Å². The molecule has 1 aromatic carbocycles. The van der Waals surface area contributed by atoms with Gasteiger partial charge in [0.05, 0.1) is 0 Å². The second-order valence-corrected chi connectivity index (χ2v) is 4.88. The molecular weight excluding hydrogens is 297 g/mol. The number of unbranched alkanes of at least 4 members (excludes halogenated alkanes) is 1. The lowest BCUT2D eigenvalue weighted by atomic mass is 10.0. The van der Waals surface area contributed by atoms with Crippen molar-refractivity contribution in [2.24, 2.45) is 5.73 Å². The highest BCUT2D eigenvalue weighted by molar-refractivity contribution is 14.1. The summed E-state index contributed by atoms with van der Waals surface area (Å²) >= 11 is 2.38. The van der Waals surface area contributed by atoms with Gasteiger partial charge in [-0.05, 0) is 59.9 Å². The number of hydrogen-bond acceptors (Lipinski definition) is 1. The predicted octanol–water partition coefficient (Wildman–Crippen LogP) is 3.96. The van der Waals surface area contributed by atoms with E-state index in [1.54, 1.807) is 0 Å². The van der Waals surface area contributed by atoms with Crippen molar-refractivity contribution in [3.8, 4) is 0 Å². The molecule has 1 rings (SSSR count). The molecule has 0 amide bonds. The van der Waals surface area contributed by atoms with Crippen molar-refractivity contribution in [1.29, 1.82) is 0 Å². The maximum absolute atomic E-state index is 6.17. The highest BCUT2D eigenvalue weighted by Crippen LogP contribution is 2.24. The highest BCUT2D eigenvalue weighted by atomic mass is 127. The Kier molecular flexibility index (Phi) is 5.32. The van der Waals surface area contributed by atoms with Crippen molar-refractivity contribution in [2.75, 3.05) is 0 Å². The average Bonchev–Trinajstić information content (AvgIpc) is 2.22. The fourth-order valence-corrected chi connectivity index (χ4v) is 2.35. The fraction of sp³-hybridized carbons (Fsp3) is 0.385. The number of nitrogens with two attached hydrogens (primary N) is 1. The molecule has 0 saturated carbocycles. The summed E-state index contributed by atoms with van der Waals surface area (Å²) in [6, 6.07) is 6.51. The molecule has 0 bridgehead atoms. The van der Waals surface area contributed by atoms with Gasteiger partial charge < -0.3 is 5.73 Å². The van der Waals surface area contributed by atoms with Crippen molar-refractivity contribution in [3.63, 3.8) is 0 Å². The molecule has 0 aliphatic carbocycles. The number of hydrogen-bond donors (Lipinski definition) is 1. The summed E-state index contributed by atoms with van der Waals surface area (Å²) in [7, 11) is 0. The minimum Gasteiger partial charge on any atom is -0.324 e. The molecule has 0 saturated heterocycles. The van der Waals surface area contributed by atoms with Gasteiger partial charge in [-0.3, -0.25) is 0 Å². The molecule has 1 atom stereocenters. The summed E-state index contributed by atoms with van der Waals surface area (Å²) in [6.45, 7) is 5.85. The molecule has 0 heterocycles. The molecule has 0 radical (unpaired) electrons. The quantitative estimate of drug-likeness (QED) is 0.497. The minimum absolute atomic E-state index is 0.164. The number of benzene rings is 1. The van der Waals surface area contributed by atoms with Crippen molar-refractivity contribution in [1.82, 2.24) is 0 Å². The maximum Gasteiger partial charge on any atom is 0.0305 e. The lowest BCUT2D eigenvalue weighted by Gasteiger charge is -2.14. The van der Waals surface area contributed by atoms with Gasteiger partial charge in [0.1, 0.15) is 0 Å². The maximum atomic E-state index is 6.17. The van der Waals surface area contributed by atoms with Gasteiger partial charge >= 0.3 is 0 Å². The van der Waals surface area contributed by atoms with E-state index in [2.05, 4.69) is 54.3 Å². The number of aryl methyl sites for hydroxylation is 1. The molecule has 1 unspecified atom stereocenters. The van der Waals surface area contributed by atoms with Crippen LogP contribution in [0.1, 0.15) is 36.4 Å². The molecule has 0 spiro atoms. The van der Waals surface area contributed by atoms with E-state index in [1.807, 2.05) is 6.08 Å². The van der Waals surface area contributed by atoms with Crippen LogP contribution in [0.2, 0.25) is 0 Å². The molecule has 1 aromatic rings. The predicted molar refractivity (Wildman–Crippen MR) is 74.9 cm³/mol. The molecule has 82 valence electrons. The first-order valence-electron chi connectivity index (χ1n) is 5.28. The zero-order valence-electron chi connectivity index (χ0n) is 9.17. The Bertz CT molecular complexity index is 333. The molecule has 0 aliphatic heterocycles. The Morgan fingerprint density at radius 2 is 2.27 bits per heavy atom. The van der Waals surface area contributed by atoms with Gasteiger partial charge in [-0.15, -0.1) is 6.58 Å². The Hall–Kier alpha value is -0.350. The van der Waals surface area contributed by atoms with Crippen LogP contribution in [0.25, 0.3) is 0 Å². The molecular formula is C13H18IN. The summed E-state index contributed by atoms with van der Waals surface area (Å²) in [4.78, 5) is 0. The summed E-state index contributed by atoms with van der Waals surface area (Å²) in [5, 5.41) is 0. The minimum atomic E-state index is 0.164. The number of allylic oxidation sites excluding steroid dienone is 1. The van der Waals surface area contributed by atoms with E-state index >= 15 is 0 Å². The van der Waals surface area contributed by atoms with Crippen LogP contribution in [0.3, 0.4) is 0 Å². The molecule has 15 heavy (non-hydrogen) atoms. The van der Waals surface area contributed by atoms with Crippen molar-refractivity contribution >= 4 is 22.6 Å². The molecule has 2 N–H and O–H groups in total. The summed E-state index contributed by atoms with van der Waals surface area (Å²) in [5.41, 5.74) is 8.76. The van der Waals surface area contributed by atoms with E-state index in [0.29, 0.717) is 0 Å². The molecule has 2 heteroatoms. The third kappa shape index (κ3) is 3.61. The molecule has 0 fully saturated rings. The SMILES string of the molecule is C=CCCCC(N)c1cccc(C)c1I. The van der Waals surface area contributed by atoms with Gasteiger partial charge in [0.25, 0.3) is 0 Å². The first-order valence-corrected chi connectivity index (χ1v) is 6.36. The zero-order valence-corrected chi connectivity index (χ0v) is 11.3. The lowest BCUT2D eigenvalue weighted by molar-refractivity contribution is 0.614. The third-order valence-electron chi connectivity index (χ3n) is 2.54. The standard InChI is InChI=1S/C13H18IN/c1-3-4-5-9-12(15)11-8-6-7-10(2)13(11)14/h3,6-8,12H,1,4-5,9,15H2,2H3. The van der Waals surface area contributed by atoms with E-state index in [1.165, 1.54) is 14.7 Å². The van der Waals surface area contributed by atoms with Crippen LogP contribution in [0, 0.1) is 10.5 Å². The lowest BCUT2D eigenvalue weighted by Crippen LogP contribution is -2.12. The second-order valence-electron chi connectivity index (χ2n) is 3.80. The first kappa shape index (κ1) is 12.7. The normalized spacial score (nSPS) is 12.5. The third-order valence-corrected chi connectivity index (χ3v) is 4.02. The largest absolute Gasteiger partial charge is 0.324 e. The summed E-state index contributed by atoms with van der Waals surface area (Å²) < 4.78 is 1.31. The van der Waals surface area contributed by atoms with Crippen molar-refractivity contribution in [3.05, 3.63) is 45.6 Å². The number of rotatable bonds is 5. The van der Waals surface area contributed by atoms with E-state index in [-0.39, 0.29) is 6.04 Å². The van der Waals surface area contributed by atoms with Crippen LogP contribution in [0.4, 0.5) is 0 Å². The van der Waals surface area contributed by atoms with Crippen LogP contribution < -0.4 is 5.73 Å². The Balaban J connectivity index is 2.68. The summed E-state index contributed by atoms with van der Waals surface area (Å²) in [6.07, 6.45) is 5.16. The van der Waals surface area contributed by atoms with Crippen molar-refractivity contribution in [2.45, 2.75) is 32.2 Å². The van der Waals surface area contributed by atoms with Gasteiger partial charge in [0.15, 0.2) is 0 Å². The first-order chi connectivity index (χ1) is 7.16.